The number of fused-ring (bicyclic) bond motifs is 1. The molecule has 22 heavy (non-hydrogen) atoms. The summed E-state index contributed by atoms with van der Waals surface area (Å²) in [6.45, 7) is 5.11. The highest BCUT2D eigenvalue weighted by Gasteiger charge is 2.66. The maximum absolute atomic E-state index is 12.7. The van der Waals surface area contributed by atoms with Crippen LogP contribution < -0.4 is 0 Å². The number of morpholine rings is 1. The molecule has 4 rings (SSSR count). The summed E-state index contributed by atoms with van der Waals surface area (Å²) in [6.07, 6.45) is 3.25. The highest BCUT2D eigenvalue weighted by atomic mass is 16.5. The summed E-state index contributed by atoms with van der Waals surface area (Å²) in [5.74, 6) is -2.33. The second kappa shape index (κ2) is 5.04. The molecule has 7 nitrogen and oxygen atoms in total. The van der Waals surface area contributed by atoms with Gasteiger partial charge in [-0.2, -0.15) is 0 Å². The van der Waals surface area contributed by atoms with Gasteiger partial charge >= 0.3 is 5.97 Å². The van der Waals surface area contributed by atoms with Crippen LogP contribution in [-0.2, 0) is 19.1 Å². The molecule has 0 aliphatic carbocycles. The van der Waals surface area contributed by atoms with Crippen molar-refractivity contribution < 1.29 is 24.2 Å². The minimum atomic E-state index is -0.940. The molecule has 1 N–H and O–H groups in total. The normalized spacial score (nSPS) is 40.5. The predicted molar refractivity (Wildman–Crippen MR) is 75.2 cm³/mol. The van der Waals surface area contributed by atoms with Crippen molar-refractivity contribution in [2.24, 2.45) is 11.8 Å². The van der Waals surface area contributed by atoms with Gasteiger partial charge in [0.2, 0.25) is 5.91 Å². The summed E-state index contributed by atoms with van der Waals surface area (Å²) in [4.78, 5) is 28.2. The summed E-state index contributed by atoms with van der Waals surface area (Å²) in [7, 11) is 0. The molecular formula is C15H20N2O5. The van der Waals surface area contributed by atoms with Crippen LogP contribution in [0.15, 0.2) is 12.2 Å². The van der Waals surface area contributed by atoms with Crippen LogP contribution in [-0.4, -0.2) is 84.4 Å². The van der Waals surface area contributed by atoms with E-state index < -0.39 is 29.5 Å². The van der Waals surface area contributed by atoms with E-state index in [4.69, 9.17) is 9.47 Å². The first-order chi connectivity index (χ1) is 10.6. The number of aliphatic carboxylic acids is 1. The van der Waals surface area contributed by atoms with E-state index in [1.807, 2.05) is 6.08 Å². The molecule has 4 heterocycles. The van der Waals surface area contributed by atoms with Gasteiger partial charge in [-0.3, -0.25) is 14.5 Å². The number of amides is 1. The Balaban J connectivity index is 1.45. The van der Waals surface area contributed by atoms with E-state index in [0.717, 1.165) is 32.8 Å². The smallest absolute Gasteiger partial charge is 0.310 e. The molecule has 0 aromatic rings. The Kier molecular flexibility index (Phi) is 3.25. The van der Waals surface area contributed by atoms with Crippen molar-refractivity contribution in [3.63, 3.8) is 0 Å². The predicted octanol–water partition coefficient (Wildman–Crippen LogP) is -0.815. The zero-order chi connectivity index (χ0) is 15.3. The van der Waals surface area contributed by atoms with E-state index in [2.05, 4.69) is 4.90 Å². The van der Waals surface area contributed by atoms with Crippen LogP contribution in [0, 0.1) is 11.8 Å². The SMILES string of the molecule is O=C(O)C1C2C=CC3(CN(CCN4CCOCC4)C(=O)C13)O2. The molecule has 4 aliphatic heterocycles. The molecule has 120 valence electrons. The minimum Gasteiger partial charge on any atom is -0.481 e. The first kappa shape index (κ1) is 14.2. The molecule has 7 heteroatoms. The Morgan fingerprint density at radius 2 is 2.14 bits per heavy atom. The van der Waals surface area contributed by atoms with Gasteiger partial charge in [0.05, 0.1) is 31.8 Å². The van der Waals surface area contributed by atoms with Gasteiger partial charge in [-0.15, -0.1) is 0 Å². The van der Waals surface area contributed by atoms with Crippen molar-refractivity contribution in [3.05, 3.63) is 12.2 Å². The molecule has 1 spiro atoms. The van der Waals surface area contributed by atoms with Crippen molar-refractivity contribution >= 4 is 11.9 Å². The fourth-order valence-electron chi connectivity index (χ4n) is 4.14. The average Bonchev–Trinajstić information content (AvgIpc) is 3.14. The number of rotatable bonds is 4. The van der Waals surface area contributed by atoms with Crippen LogP contribution in [0.3, 0.4) is 0 Å². The number of ether oxygens (including phenoxy) is 2. The van der Waals surface area contributed by atoms with E-state index in [0.29, 0.717) is 13.1 Å². The minimum absolute atomic E-state index is 0.0764. The second-order valence-electron chi connectivity index (χ2n) is 6.45. The van der Waals surface area contributed by atoms with Gasteiger partial charge in [-0.1, -0.05) is 12.2 Å². The van der Waals surface area contributed by atoms with Crippen molar-refractivity contribution in [2.45, 2.75) is 11.7 Å². The molecule has 0 radical (unpaired) electrons. The van der Waals surface area contributed by atoms with Crippen LogP contribution in [0.4, 0.5) is 0 Å². The van der Waals surface area contributed by atoms with Gasteiger partial charge in [0, 0.05) is 26.2 Å². The lowest BCUT2D eigenvalue weighted by molar-refractivity contribution is -0.148. The summed E-state index contributed by atoms with van der Waals surface area (Å²) in [5, 5.41) is 9.41. The average molecular weight is 308 g/mol. The van der Waals surface area contributed by atoms with Gasteiger partial charge in [0.15, 0.2) is 0 Å². The molecule has 1 amide bonds. The van der Waals surface area contributed by atoms with Gasteiger partial charge in [-0.05, 0) is 0 Å². The molecule has 3 saturated heterocycles. The highest BCUT2D eigenvalue weighted by molar-refractivity contribution is 5.90. The molecular weight excluding hydrogens is 288 g/mol. The summed E-state index contributed by atoms with van der Waals surface area (Å²) < 4.78 is 11.2. The van der Waals surface area contributed by atoms with Crippen LogP contribution in [0.25, 0.3) is 0 Å². The Morgan fingerprint density at radius 3 is 2.86 bits per heavy atom. The molecule has 4 aliphatic rings. The standard InChI is InChI=1S/C15H20N2O5/c18-13-12-11(14(19)20)10-1-2-15(12,22-10)9-17(13)4-3-16-5-7-21-8-6-16/h1-2,10-12H,3-9H2,(H,19,20). The Hall–Kier alpha value is -1.44. The summed E-state index contributed by atoms with van der Waals surface area (Å²) in [5.41, 5.74) is -0.712. The van der Waals surface area contributed by atoms with E-state index in [9.17, 15) is 14.7 Å². The van der Waals surface area contributed by atoms with Crippen LogP contribution in [0.2, 0.25) is 0 Å². The Morgan fingerprint density at radius 1 is 1.36 bits per heavy atom. The quantitative estimate of drug-likeness (QED) is 0.684. The fourth-order valence-corrected chi connectivity index (χ4v) is 4.14. The van der Waals surface area contributed by atoms with Crippen molar-refractivity contribution in [3.8, 4) is 0 Å². The first-order valence-electron chi connectivity index (χ1n) is 7.80. The molecule has 2 bridgehead atoms. The molecule has 3 fully saturated rings. The first-order valence-corrected chi connectivity index (χ1v) is 7.80. The van der Waals surface area contributed by atoms with Gasteiger partial charge in [0.25, 0.3) is 0 Å². The summed E-state index contributed by atoms with van der Waals surface area (Å²) in [6, 6.07) is 0. The van der Waals surface area contributed by atoms with Gasteiger partial charge in [0.1, 0.15) is 11.5 Å². The van der Waals surface area contributed by atoms with Crippen molar-refractivity contribution in [1.29, 1.82) is 0 Å². The number of carboxylic acids is 1. The number of hydrogen-bond acceptors (Lipinski definition) is 5. The van der Waals surface area contributed by atoms with E-state index in [1.165, 1.54) is 0 Å². The van der Waals surface area contributed by atoms with Crippen LogP contribution in [0.1, 0.15) is 0 Å². The number of likely N-dealkylation sites (tertiary alicyclic amines) is 1. The number of carbonyl (C=O) groups excluding carboxylic acids is 1. The fraction of sp³-hybridized carbons (Fsp3) is 0.733. The van der Waals surface area contributed by atoms with Gasteiger partial charge < -0.3 is 19.5 Å². The number of carbonyl (C=O) groups is 2. The number of nitrogens with zero attached hydrogens (tertiary/aromatic N) is 2. The molecule has 0 aromatic heterocycles. The third-order valence-electron chi connectivity index (χ3n) is 5.25. The van der Waals surface area contributed by atoms with E-state index in [-0.39, 0.29) is 5.91 Å². The topological polar surface area (TPSA) is 79.3 Å². The lowest BCUT2D eigenvalue weighted by atomic mass is 9.77. The lowest BCUT2D eigenvalue weighted by Crippen LogP contribution is -2.43. The number of hydrogen-bond donors (Lipinski definition) is 1. The Labute approximate surface area is 128 Å². The third kappa shape index (κ3) is 2.00. The zero-order valence-corrected chi connectivity index (χ0v) is 12.3. The van der Waals surface area contributed by atoms with E-state index >= 15 is 0 Å². The molecule has 0 aromatic carbocycles. The molecule has 4 unspecified atom stereocenters. The summed E-state index contributed by atoms with van der Waals surface area (Å²) >= 11 is 0. The molecule has 4 atom stereocenters. The highest BCUT2D eigenvalue weighted by Crippen LogP contribution is 2.51. The maximum Gasteiger partial charge on any atom is 0.310 e. The maximum atomic E-state index is 12.7. The molecule has 0 saturated carbocycles. The zero-order valence-electron chi connectivity index (χ0n) is 12.3. The largest absolute Gasteiger partial charge is 0.481 e. The third-order valence-corrected chi connectivity index (χ3v) is 5.25. The van der Waals surface area contributed by atoms with Gasteiger partial charge in [-0.25, -0.2) is 0 Å². The van der Waals surface area contributed by atoms with E-state index in [1.54, 1.807) is 11.0 Å². The van der Waals surface area contributed by atoms with Crippen LogP contribution in [0.5, 0.6) is 0 Å². The van der Waals surface area contributed by atoms with Crippen molar-refractivity contribution in [1.82, 2.24) is 9.80 Å². The Bertz CT molecular complexity index is 530. The monoisotopic (exact) mass is 308 g/mol. The number of carboxylic acid groups (broad SMARTS) is 1. The second-order valence-corrected chi connectivity index (χ2v) is 6.45. The lowest BCUT2D eigenvalue weighted by Gasteiger charge is -2.29. The van der Waals surface area contributed by atoms with Crippen LogP contribution >= 0.6 is 0 Å². The van der Waals surface area contributed by atoms with Crippen molar-refractivity contribution in [2.75, 3.05) is 45.9 Å².